The van der Waals surface area contributed by atoms with Gasteiger partial charge in [-0.3, -0.25) is 0 Å². The van der Waals surface area contributed by atoms with Crippen LogP contribution in [0.5, 0.6) is 0 Å². The van der Waals surface area contributed by atoms with E-state index in [1.165, 1.54) is 81.2 Å². The van der Waals surface area contributed by atoms with Crippen molar-refractivity contribution in [2.45, 2.75) is 62.3 Å². The van der Waals surface area contributed by atoms with Crippen molar-refractivity contribution >= 4 is 39.1 Å². The molecule has 306 valence electrons. The fourth-order valence-corrected chi connectivity index (χ4v) is 4.85. The maximum atomic E-state index is 12.3. The molecule has 0 saturated heterocycles. The topological polar surface area (TPSA) is 0 Å². The number of hydrogen-bond donors (Lipinski definition) is 0. The minimum atomic E-state index is -0.491. The van der Waals surface area contributed by atoms with Gasteiger partial charge in [-0.15, -0.1) is 0 Å². The van der Waals surface area contributed by atoms with Crippen molar-refractivity contribution in [3.63, 3.8) is 0 Å². The molecular formula is C51H53BrCl2F4. The van der Waals surface area contributed by atoms with Crippen LogP contribution in [0.4, 0.5) is 17.6 Å². The lowest BCUT2D eigenvalue weighted by atomic mass is 10.1. The van der Waals surface area contributed by atoms with E-state index in [0.29, 0.717) is 10.6 Å². The lowest BCUT2D eigenvalue weighted by molar-refractivity contribution is 0.568. The summed E-state index contributed by atoms with van der Waals surface area (Å²) >= 11 is 14.5. The third-order valence-corrected chi connectivity index (χ3v) is 10.1. The Morgan fingerprint density at radius 2 is 0.724 bits per heavy atom. The molecule has 7 aromatic carbocycles. The monoisotopic (exact) mass is 890 g/mol. The first kappa shape index (κ1) is 51.3. The van der Waals surface area contributed by atoms with Crippen LogP contribution in [0, 0.1) is 85.6 Å². The average Bonchev–Trinajstić information content (AvgIpc) is 3.19. The Morgan fingerprint density at radius 1 is 0.345 bits per heavy atom. The quantitative estimate of drug-likeness (QED) is 0.133. The smallest absolute Gasteiger partial charge is 0.129 e. The molecule has 0 aliphatic rings. The van der Waals surface area contributed by atoms with Gasteiger partial charge in [0.15, 0.2) is 0 Å². The third kappa shape index (κ3) is 21.7. The molecular weight excluding hydrogens is 839 g/mol. The molecule has 7 heteroatoms. The van der Waals surface area contributed by atoms with Gasteiger partial charge in [-0.05, 0) is 155 Å². The molecule has 0 radical (unpaired) electrons. The standard InChI is InChI=1S/C9H12.C8H10.C7H7Br.C7H7Cl.C7H6F2.C7H7F.C6H4ClF/c1-7-5-4-6-8(2)9(7)3;1-7-5-3-4-6-8(7)2;2*1-6-4-2-3-5-7(6)8;1-5-6(8)3-2-4-7(5)9;1-6-4-2-3-5-7(6)8;7-5-2-1-3-6(8)4-5/h4-6H,1-3H3;3-6H,1-2H3;2*2-5H,1H3;2-4H,1H3;2-5H,1H3;1-4H. The van der Waals surface area contributed by atoms with E-state index in [2.05, 4.69) is 106 Å². The van der Waals surface area contributed by atoms with Crippen molar-refractivity contribution in [2.24, 2.45) is 0 Å². The Kier molecular flexibility index (Phi) is 25.4. The van der Waals surface area contributed by atoms with Gasteiger partial charge in [0.2, 0.25) is 0 Å². The number of hydrogen-bond acceptors (Lipinski definition) is 0. The van der Waals surface area contributed by atoms with E-state index in [1.807, 2.05) is 55.5 Å². The van der Waals surface area contributed by atoms with Gasteiger partial charge in [-0.25, -0.2) is 17.6 Å². The van der Waals surface area contributed by atoms with E-state index < -0.39 is 11.6 Å². The molecule has 0 N–H and O–H groups in total. The van der Waals surface area contributed by atoms with Gasteiger partial charge < -0.3 is 0 Å². The molecule has 0 aliphatic heterocycles. The van der Waals surface area contributed by atoms with Crippen molar-refractivity contribution in [2.75, 3.05) is 0 Å². The summed E-state index contributed by atoms with van der Waals surface area (Å²) in [6.45, 7) is 17.9. The first-order chi connectivity index (χ1) is 27.4. The van der Waals surface area contributed by atoms with Crippen LogP contribution in [0.1, 0.15) is 50.1 Å². The van der Waals surface area contributed by atoms with E-state index in [0.717, 1.165) is 10.6 Å². The van der Waals surface area contributed by atoms with Crippen molar-refractivity contribution in [1.29, 1.82) is 0 Å². The van der Waals surface area contributed by atoms with Gasteiger partial charge in [0.1, 0.15) is 23.3 Å². The van der Waals surface area contributed by atoms with Crippen LogP contribution in [0.15, 0.2) is 162 Å². The summed E-state index contributed by atoms with van der Waals surface area (Å²) in [4.78, 5) is 0. The fraction of sp³-hybridized carbons (Fsp3) is 0.176. The third-order valence-electron chi connectivity index (χ3n) is 8.52. The van der Waals surface area contributed by atoms with Gasteiger partial charge in [-0.1, -0.05) is 148 Å². The highest BCUT2D eigenvalue weighted by molar-refractivity contribution is 9.10. The number of aryl methyl sites for hydroxylation is 7. The summed E-state index contributed by atoms with van der Waals surface area (Å²) in [5.41, 5.74) is 10.1. The van der Waals surface area contributed by atoms with Crippen molar-refractivity contribution in [1.82, 2.24) is 0 Å². The average molecular weight is 893 g/mol. The molecule has 0 spiro atoms. The minimum absolute atomic E-state index is 0.0810. The Bertz CT molecular complexity index is 1870. The first-order valence-corrected chi connectivity index (χ1v) is 20.0. The van der Waals surface area contributed by atoms with Gasteiger partial charge in [0.05, 0.1) is 0 Å². The predicted octanol–water partition coefficient (Wildman–Crippen LogP) is 17.2. The zero-order valence-electron chi connectivity index (χ0n) is 34.7. The molecule has 7 rings (SSSR count). The van der Waals surface area contributed by atoms with E-state index in [4.69, 9.17) is 23.2 Å². The SMILES string of the molecule is Cc1c(F)cccc1F.Cc1cccc(C)c1C.Cc1ccccc1Br.Cc1ccccc1C.Cc1ccccc1Cl.Cc1ccccc1F.Fc1cccc(Cl)c1. The highest BCUT2D eigenvalue weighted by Gasteiger charge is 1.99. The van der Waals surface area contributed by atoms with E-state index >= 15 is 0 Å². The molecule has 7 aromatic rings. The van der Waals surface area contributed by atoms with Crippen LogP contribution < -0.4 is 0 Å². The highest BCUT2D eigenvalue weighted by atomic mass is 79.9. The van der Waals surface area contributed by atoms with Crippen molar-refractivity contribution < 1.29 is 17.6 Å². The summed E-state index contributed by atoms with van der Waals surface area (Å²) in [5, 5.41) is 1.28. The Labute approximate surface area is 362 Å². The van der Waals surface area contributed by atoms with E-state index in [1.54, 1.807) is 31.2 Å². The van der Waals surface area contributed by atoms with Crippen LogP contribution in [-0.4, -0.2) is 0 Å². The molecule has 0 aromatic heterocycles. The molecule has 0 atom stereocenters. The minimum Gasteiger partial charge on any atom is -0.207 e. The molecule has 0 bridgehead atoms. The van der Waals surface area contributed by atoms with Crippen LogP contribution in [0.25, 0.3) is 0 Å². The molecule has 0 nitrogen and oxygen atoms in total. The van der Waals surface area contributed by atoms with Crippen LogP contribution in [-0.2, 0) is 0 Å². The van der Waals surface area contributed by atoms with Crippen LogP contribution in [0.2, 0.25) is 10.0 Å². The molecule has 0 heterocycles. The summed E-state index contributed by atoms with van der Waals surface area (Å²) in [6.07, 6.45) is 0. The fourth-order valence-electron chi connectivity index (χ4n) is 4.25. The lowest BCUT2D eigenvalue weighted by Crippen LogP contribution is -1.85. The lowest BCUT2D eigenvalue weighted by Gasteiger charge is -2.00. The summed E-state index contributed by atoms with van der Waals surface area (Å²) < 4.78 is 50.3. The van der Waals surface area contributed by atoms with Gasteiger partial charge in [0, 0.05) is 20.1 Å². The first-order valence-electron chi connectivity index (χ1n) is 18.4. The second-order valence-electron chi connectivity index (χ2n) is 13.1. The van der Waals surface area contributed by atoms with Crippen LogP contribution in [0.3, 0.4) is 0 Å². The van der Waals surface area contributed by atoms with Crippen molar-refractivity contribution in [3.05, 3.63) is 246 Å². The zero-order chi connectivity index (χ0) is 43.6. The highest BCUT2D eigenvalue weighted by Crippen LogP contribution is 2.14. The number of benzene rings is 7. The predicted molar refractivity (Wildman–Crippen MR) is 245 cm³/mol. The molecule has 0 saturated carbocycles. The van der Waals surface area contributed by atoms with Gasteiger partial charge >= 0.3 is 0 Å². The largest absolute Gasteiger partial charge is 0.207 e. The van der Waals surface area contributed by atoms with Gasteiger partial charge in [0.25, 0.3) is 0 Å². The maximum Gasteiger partial charge on any atom is 0.129 e. The normalized spacial score (nSPS) is 9.38. The number of rotatable bonds is 0. The summed E-state index contributed by atoms with van der Waals surface area (Å²) in [5.74, 6) is -1.41. The van der Waals surface area contributed by atoms with Crippen LogP contribution >= 0.6 is 39.1 Å². The molecule has 0 unspecified atom stereocenters. The second kappa shape index (κ2) is 28.7. The molecule has 0 amide bonds. The Hall–Kier alpha value is -4.68. The second-order valence-corrected chi connectivity index (χ2v) is 14.8. The molecule has 58 heavy (non-hydrogen) atoms. The molecule has 0 fully saturated rings. The Balaban J connectivity index is 0.000000339. The zero-order valence-corrected chi connectivity index (χ0v) is 37.8. The van der Waals surface area contributed by atoms with Crippen molar-refractivity contribution in [3.8, 4) is 0 Å². The maximum absolute atomic E-state index is 12.3. The summed E-state index contributed by atoms with van der Waals surface area (Å²) in [6, 6.07) is 47.0. The number of halogens is 7. The Morgan fingerprint density at radius 3 is 1.02 bits per heavy atom. The molecule has 0 aliphatic carbocycles. The van der Waals surface area contributed by atoms with E-state index in [-0.39, 0.29) is 17.2 Å². The van der Waals surface area contributed by atoms with E-state index in [9.17, 15) is 17.6 Å². The summed E-state index contributed by atoms with van der Waals surface area (Å²) in [7, 11) is 0. The van der Waals surface area contributed by atoms with Gasteiger partial charge in [-0.2, -0.15) is 0 Å².